The first kappa shape index (κ1) is 15.9. The van der Waals surface area contributed by atoms with E-state index in [1.165, 1.54) is 0 Å². The molecule has 1 fully saturated rings. The van der Waals surface area contributed by atoms with Gasteiger partial charge in [0, 0.05) is 19.6 Å². The Morgan fingerprint density at radius 1 is 1.48 bits per heavy atom. The number of anilines is 2. The second-order valence-corrected chi connectivity index (χ2v) is 5.65. The van der Waals surface area contributed by atoms with Crippen LogP contribution < -0.4 is 15.8 Å². The second kappa shape index (κ2) is 7.52. The number of nitrogens with two attached hydrogens (primary N) is 1. The Morgan fingerprint density at radius 3 is 3.00 bits per heavy atom. The lowest BCUT2D eigenvalue weighted by atomic mass is 10.2. The number of hydrogen-bond donors (Lipinski definition) is 2. The predicted octanol–water partition coefficient (Wildman–Crippen LogP) is 2.19. The first-order valence-corrected chi connectivity index (χ1v) is 7.73. The fraction of sp³-hybridized carbons (Fsp3) is 0.625. The first-order valence-electron chi connectivity index (χ1n) is 7.73. The van der Waals surface area contributed by atoms with E-state index in [1.54, 1.807) is 0 Å². The standard InChI is InChI=1S/C16H27N3O2/c1-4-19-8-9-20-13(11-19)10-18-14-6-5-7-15(16(14)17)21-12(2)3/h5-7,12-13,18H,4,8-11,17H2,1-3H3. The minimum Gasteiger partial charge on any atom is -0.489 e. The Balaban J connectivity index is 1.93. The highest BCUT2D eigenvalue weighted by Gasteiger charge is 2.19. The van der Waals surface area contributed by atoms with Crippen molar-refractivity contribution in [1.82, 2.24) is 4.90 Å². The highest BCUT2D eigenvalue weighted by atomic mass is 16.5. The quantitative estimate of drug-likeness (QED) is 0.787. The van der Waals surface area contributed by atoms with Gasteiger partial charge >= 0.3 is 0 Å². The first-order chi connectivity index (χ1) is 10.1. The zero-order chi connectivity index (χ0) is 15.2. The van der Waals surface area contributed by atoms with Gasteiger partial charge in [0.25, 0.3) is 0 Å². The van der Waals surface area contributed by atoms with Gasteiger partial charge < -0.3 is 20.5 Å². The van der Waals surface area contributed by atoms with Crippen molar-refractivity contribution in [3.63, 3.8) is 0 Å². The number of likely N-dealkylation sites (N-methyl/N-ethyl adjacent to an activating group) is 1. The molecule has 1 unspecified atom stereocenters. The molecule has 1 aromatic rings. The zero-order valence-corrected chi connectivity index (χ0v) is 13.3. The van der Waals surface area contributed by atoms with E-state index in [9.17, 15) is 0 Å². The molecule has 1 aromatic carbocycles. The molecule has 1 heterocycles. The highest BCUT2D eigenvalue weighted by molar-refractivity contribution is 5.72. The number of morpholine rings is 1. The molecule has 1 aliphatic heterocycles. The van der Waals surface area contributed by atoms with Gasteiger partial charge in [0.2, 0.25) is 0 Å². The lowest BCUT2D eigenvalue weighted by Gasteiger charge is -2.32. The summed E-state index contributed by atoms with van der Waals surface area (Å²) in [6.45, 7) is 10.8. The molecule has 21 heavy (non-hydrogen) atoms. The molecule has 3 N–H and O–H groups in total. The van der Waals surface area contributed by atoms with Crippen LogP contribution in [0, 0.1) is 0 Å². The monoisotopic (exact) mass is 293 g/mol. The minimum atomic E-state index is 0.113. The average Bonchev–Trinajstić information content (AvgIpc) is 2.48. The maximum absolute atomic E-state index is 6.16. The molecular formula is C16H27N3O2. The van der Waals surface area contributed by atoms with E-state index in [1.807, 2.05) is 32.0 Å². The van der Waals surface area contributed by atoms with Crippen molar-refractivity contribution < 1.29 is 9.47 Å². The second-order valence-electron chi connectivity index (χ2n) is 5.65. The molecule has 1 atom stereocenters. The number of para-hydroxylation sites is 1. The van der Waals surface area contributed by atoms with Crippen molar-refractivity contribution in [2.45, 2.75) is 33.0 Å². The van der Waals surface area contributed by atoms with Crippen LogP contribution in [0.4, 0.5) is 11.4 Å². The predicted molar refractivity (Wildman–Crippen MR) is 87.0 cm³/mol. The van der Waals surface area contributed by atoms with Gasteiger partial charge in [-0.15, -0.1) is 0 Å². The third kappa shape index (κ3) is 4.51. The molecule has 118 valence electrons. The van der Waals surface area contributed by atoms with E-state index in [4.69, 9.17) is 15.2 Å². The molecule has 0 amide bonds. The molecule has 0 bridgehead atoms. The Kier molecular flexibility index (Phi) is 5.70. The van der Waals surface area contributed by atoms with E-state index in [2.05, 4.69) is 17.1 Å². The zero-order valence-electron chi connectivity index (χ0n) is 13.3. The van der Waals surface area contributed by atoms with Crippen molar-refractivity contribution in [1.29, 1.82) is 0 Å². The van der Waals surface area contributed by atoms with Gasteiger partial charge in [-0.05, 0) is 32.5 Å². The summed E-state index contributed by atoms with van der Waals surface area (Å²) in [5.41, 5.74) is 7.73. The number of ether oxygens (including phenoxy) is 2. The van der Waals surface area contributed by atoms with Crippen molar-refractivity contribution in [2.24, 2.45) is 0 Å². The average molecular weight is 293 g/mol. The molecule has 0 aromatic heterocycles. The van der Waals surface area contributed by atoms with Crippen LogP contribution >= 0.6 is 0 Å². The number of benzene rings is 1. The Morgan fingerprint density at radius 2 is 2.29 bits per heavy atom. The third-order valence-corrected chi connectivity index (χ3v) is 3.62. The maximum Gasteiger partial charge on any atom is 0.144 e. The Labute approximate surface area is 127 Å². The maximum atomic E-state index is 6.16. The smallest absolute Gasteiger partial charge is 0.144 e. The molecule has 5 heteroatoms. The summed E-state index contributed by atoms with van der Waals surface area (Å²) >= 11 is 0. The van der Waals surface area contributed by atoms with Crippen LogP contribution in [0.5, 0.6) is 5.75 Å². The fourth-order valence-corrected chi connectivity index (χ4v) is 2.47. The van der Waals surface area contributed by atoms with Crippen molar-refractivity contribution >= 4 is 11.4 Å². The van der Waals surface area contributed by atoms with Gasteiger partial charge in [0.05, 0.1) is 30.2 Å². The largest absolute Gasteiger partial charge is 0.489 e. The summed E-state index contributed by atoms with van der Waals surface area (Å²) in [7, 11) is 0. The normalized spacial score (nSPS) is 19.7. The molecular weight excluding hydrogens is 266 g/mol. The van der Waals surface area contributed by atoms with E-state index >= 15 is 0 Å². The summed E-state index contributed by atoms with van der Waals surface area (Å²) < 4.78 is 11.5. The fourth-order valence-electron chi connectivity index (χ4n) is 2.47. The van der Waals surface area contributed by atoms with Crippen LogP contribution in [-0.4, -0.2) is 49.9 Å². The molecule has 0 radical (unpaired) electrons. The molecule has 0 saturated carbocycles. The number of nitrogens with zero attached hydrogens (tertiary/aromatic N) is 1. The number of hydrogen-bond acceptors (Lipinski definition) is 5. The van der Waals surface area contributed by atoms with Crippen molar-refractivity contribution in [3.8, 4) is 5.75 Å². The van der Waals surface area contributed by atoms with E-state index in [0.717, 1.165) is 44.2 Å². The molecule has 0 spiro atoms. The molecule has 1 aliphatic rings. The van der Waals surface area contributed by atoms with Gasteiger partial charge in [0.1, 0.15) is 5.75 Å². The van der Waals surface area contributed by atoms with Crippen LogP contribution in [0.2, 0.25) is 0 Å². The minimum absolute atomic E-state index is 0.113. The van der Waals surface area contributed by atoms with E-state index < -0.39 is 0 Å². The molecule has 5 nitrogen and oxygen atoms in total. The van der Waals surface area contributed by atoms with E-state index in [0.29, 0.717) is 5.69 Å². The van der Waals surface area contributed by atoms with Crippen molar-refractivity contribution in [2.75, 3.05) is 43.8 Å². The summed E-state index contributed by atoms with van der Waals surface area (Å²) in [6.07, 6.45) is 0.315. The summed E-state index contributed by atoms with van der Waals surface area (Å²) in [5, 5.41) is 3.38. The van der Waals surface area contributed by atoms with Crippen LogP contribution in [0.3, 0.4) is 0 Å². The van der Waals surface area contributed by atoms with Gasteiger partial charge in [-0.25, -0.2) is 0 Å². The van der Waals surface area contributed by atoms with Gasteiger partial charge in [0.15, 0.2) is 0 Å². The lowest BCUT2D eigenvalue weighted by Crippen LogP contribution is -2.45. The van der Waals surface area contributed by atoms with Gasteiger partial charge in [-0.2, -0.15) is 0 Å². The SMILES string of the molecule is CCN1CCOC(CNc2cccc(OC(C)C)c2N)C1. The summed E-state index contributed by atoms with van der Waals surface area (Å²) in [5.74, 6) is 0.731. The topological polar surface area (TPSA) is 59.8 Å². The number of nitrogen functional groups attached to an aromatic ring is 1. The molecule has 2 rings (SSSR count). The van der Waals surface area contributed by atoms with Gasteiger partial charge in [-0.1, -0.05) is 13.0 Å². The van der Waals surface area contributed by atoms with Crippen LogP contribution in [0.25, 0.3) is 0 Å². The number of nitrogens with one attached hydrogen (secondary N) is 1. The third-order valence-electron chi connectivity index (χ3n) is 3.62. The highest BCUT2D eigenvalue weighted by Crippen LogP contribution is 2.30. The molecule has 0 aliphatic carbocycles. The lowest BCUT2D eigenvalue weighted by molar-refractivity contribution is -0.0191. The van der Waals surface area contributed by atoms with Crippen LogP contribution in [-0.2, 0) is 4.74 Å². The molecule has 1 saturated heterocycles. The van der Waals surface area contributed by atoms with Gasteiger partial charge in [-0.3, -0.25) is 4.90 Å². The Bertz CT molecular complexity index is 451. The van der Waals surface area contributed by atoms with Crippen LogP contribution in [0.15, 0.2) is 18.2 Å². The summed E-state index contributed by atoms with van der Waals surface area (Å²) in [6, 6.07) is 5.83. The van der Waals surface area contributed by atoms with E-state index in [-0.39, 0.29) is 12.2 Å². The van der Waals surface area contributed by atoms with Crippen molar-refractivity contribution in [3.05, 3.63) is 18.2 Å². The number of rotatable bonds is 6. The summed E-state index contributed by atoms with van der Waals surface area (Å²) in [4.78, 5) is 2.40. The Hall–Kier alpha value is -1.46. The van der Waals surface area contributed by atoms with Crippen LogP contribution in [0.1, 0.15) is 20.8 Å².